The number of ether oxygens (including phenoxy) is 2. The van der Waals surface area contributed by atoms with E-state index in [4.69, 9.17) is 9.47 Å². The normalized spacial score (nSPS) is 19.2. The van der Waals surface area contributed by atoms with Crippen molar-refractivity contribution in [2.75, 3.05) is 38.2 Å². The van der Waals surface area contributed by atoms with Gasteiger partial charge in [0.25, 0.3) is 0 Å². The molecule has 2 aliphatic rings. The van der Waals surface area contributed by atoms with E-state index in [2.05, 4.69) is 69.0 Å². The van der Waals surface area contributed by atoms with Crippen LogP contribution in [0.25, 0.3) is 11.1 Å². The van der Waals surface area contributed by atoms with Gasteiger partial charge in [0.2, 0.25) is 0 Å². The van der Waals surface area contributed by atoms with Gasteiger partial charge in [0.15, 0.2) is 0 Å². The van der Waals surface area contributed by atoms with E-state index in [1.807, 2.05) is 20.8 Å². The molecular weight excluding hydrogens is 436 g/mol. The van der Waals surface area contributed by atoms with Gasteiger partial charge in [-0.1, -0.05) is 52.0 Å². The molecule has 0 atom stereocenters. The number of carbonyl (C=O) groups is 1. The molecule has 1 amide bonds. The average Bonchev–Trinajstić information content (AvgIpc) is 2.80. The van der Waals surface area contributed by atoms with E-state index >= 15 is 0 Å². The number of hydrogen-bond acceptors (Lipinski definition) is 4. The second-order valence-corrected chi connectivity index (χ2v) is 12.4. The Morgan fingerprint density at radius 2 is 1.40 bits per heavy atom. The Hall–Kier alpha value is -2.69. The summed E-state index contributed by atoms with van der Waals surface area (Å²) in [7, 11) is 1.72. The van der Waals surface area contributed by atoms with Crippen molar-refractivity contribution in [1.82, 2.24) is 4.90 Å². The Bertz CT molecular complexity index is 1090. The summed E-state index contributed by atoms with van der Waals surface area (Å²) >= 11 is 0. The lowest BCUT2D eigenvalue weighted by Crippen LogP contribution is -2.50. The third kappa shape index (κ3) is 5.29. The summed E-state index contributed by atoms with van der Waals surface area (Å²) in [5.41, 5.74) is 6.36. The molecule has 0 aromatic heterocycles. The van der Waals surface area contributed by atoms with E-state index in [-0.39, 0.29) is 16.9 Å². The predicted molar refractivity (Wildman–Crippen MR) is 144 cm³/mol. The maximum Gasteiger partial charge on any atom is 0.410 e. The molecule has 190 valence electrons. The minimum Gasteiger partial charge on any atom is -0.495 e. The fourth-order valence-electron chi connectivity index (χ4n) is 5.34. The van der Waals surface area contributed by atoms with Crippen LogP contribution < -0.4 is 9.64 Å². The van der Waals surface area contributed by atoms with Crippen molar-refractivity contribution >= 4 is 11.8 Å². The first-order valence-electron chi connectivity index (χ1n) is 12.9. The Balaban J connectivity index is 1.60. The molecule has 1 heterocycles. The highest BCUT2D eigenvalue weighted by atomic mass is 16.6. The van der Waals surface area contributed by atoms with E-state index in [0.29, 0.717) is 13.1 Å². The van der Waals surface area contributed by atoms with Gasteiger partial charge in [-0.05, 0) is 78.8 Å². The average molecular weight is 479 g/mol. The number of piperazine rings is 1. The van der Waals surface area contributed by atoms with Gasteiger partial charge in [-0.25, -0.2) is 4.79 Å². The summed E-state index contributed by atoms with van der Waals surface area (Å²) in [5, 5.41) is 0. The van der Waals surface area contributed by atoms with Crippen molar-refractivity contribution in [3.05, 3.63) is 47.5 Å². The van der Waals surface area contributed by atoms with E-state index < -0.39 is 5.60 Å². The zero-order valence-electron chi connectivity index (χ0n) is 22.8. The first-order chi connectivity index (χ1) is 16.3. The van der Waals surface area contributed by atoms with Crippen LogP contribution in [0.15, 0.2) is 36.4 Å². The molecule has 1 aliphatic carbocycles. The SMILES string of the molecule is COc1ccc(-c2ccc3c(c2)C(C)(C)CCC3(C)C)cc1N1CCN(C(=O)OC(C)(C)C)CC1. The zero-order valence-corrected chi connectivity index (χ0v) is 22.8. The maximum absolute atomic E-state index is 12.5. The van der Waals surface area contributed by atoms with Crippen molar-refractivity contribution in [3.8, 4) is 16.9 Å². The fraction of sp³-hybridized carbons (Fsp3) is 0.567. The molecule has 2 aromatic rings. The molecule has 0 unspecified atom stereocenters. The minimum absolute atomic E-state index is 0.175. The number of benzene rings is 2. The summed E-state index contributed by atoms with van der Waals surface area (Å²) < 4.78 is 11.3. The minimum atomic E-state index is -0.482. The lowest BCUT2D eigenvalue weighted by Gasteiger charge is -2.42. The van der Waals surface area contributed by atoms with Gasteiger partial charge in [-0.3, -0.25) is 0 Å². The third-order valence-electron chi connectivity index (χ3n) is 7.64. The van der Waals surface area contributed by atoms with E-state index in [1.54, 1.807) is 12.0 Å². The molecule has 1 fully saturated rings. The number of nitrogens with zero attached hydrogens (tertiary/aromatic N) is 2. The highest BCUT2D eigenvalue weighted by Gasteiger charge is 2.37. The second kappa shape index (κ2) is 9.07. The van der Waals surface area contributed by atoms with E-state index in [0.717, 1.165) is 24.5 Å². The predicted octanol–water partition coefficient (Wildman–Crippen LogP) is 6.77. The summed E-state index contributed by atoms with van der Waals surface area (Å²) in [6, 6.07) is 13.5. The number of amides is 1. The topological polar surface area (TPSA) is 42.0 Å². The lowest BCUT2D eigenvalue weighted by molar-refractivity contribution is 0.0240. The summed E-state index contributed by atoms with van der Waals surface area (Å²) in [5.74, 6) is 0.860. The number of methoxy groups -OCH3 is 1. The molecule has 0 radical (unpaired) electrons. The number of hydrogen-bond donors (Lipinski definition) is 0. The molecule has 4 rings (SSSR count). The Morgan fingerprint density at radius 3 is 2.00 bits per heavy atom. The number of rotatable bonds is 3. The molecule has 0 saturated carbocycles. The van der Waals surface area contributed by atoms with E-state index in [9.17, 15) is 4.79 Å². The molecule has 0 spiro atoms. The van der Waals surface area contributed by atoms with Crippen molar-refractivity contribution in [2.24, 2.45) is 0 Å². The van der Waals surface area contributed by atoms with Gasteiger partial charge in [0.1, 0.15) is 11.4 Å². The summed E-state index contributed by atoms with van der Waals surface area (Å²) in [6.07, 6.45) is 2.18. The van der Waals surface area contributed by atoms with Gasteiger partial charge in [-0.15, -0.1) is 0 Å². The standard InChI is InChI=1S/C30H42N2O3/c1-28(2,3)35-27(33)32-17-15-31(16-18-32)25-20-22(10-12-26(25)34-8)21-9-11-23-24(19-21)30(6,7)14-13-29(23,4)5/h9-12,19-20H,13-18H2,1-8H3. The number of anilines is 1. The molecule has 0 N–H and O–H groups in total. The van der Waals surface area contributed by atoms with Crippen LogP contribution in [-0.4, -0.2) is 49.9 Å². The first-order valence-corrected chi connectivity index (χ1v) is 12.9. The monoisotopic (exact) mass is 478 g/mol. The van der Waals surface area contributed by atoms with Crippen molar-refractivity contribution in [2.45, 2.75) is 77.7 Å². The molecule has 1 aliphatic heterocycles. The molecule has 35 heavy (non-hydrogen) atoms. The van der Waals surface area contributed by atoms with Crippen LogP contribution in [0, 0.1) is 0 Å². The van der Waals surface area contributed by atoms with Crippen LogP contribution in [0.4, 0.5) is 10.5 Å². The van der Waals surface area contributed by atoms with Gasteiger partial charge >= 0.3 is 6.09 Å². The van der Waals surface area contributed by atoms with Crippen LogP contribution in [-0.2, 0) is 15.6 Å². The molecule has 1 saturated heterocycles. The number of fused-ring (bicyclic) bond motifs is 1. The Morgan fingerprint density at radius 1 is 0.829 bits per heavy atom. The van der Waals surface area contributed by atoms with Gasteiger partial charge in [0.05, 0.1) is 12.8 Å². The van der Waals surface area contributed by atoms with Crippen LogP contribution in [0.5, 0.6) is 5.75 Å². The molecule has 5 heteroatoms. The van der Waals surface area contributed by atoms with Crippen LogP contribution >= 0.6 is 0 Å². The molecule has 0 bridgehead atoms. The first kappa shape index (κ1) is 25.4. The largest absolute Gasteiger partial charge is 0.495 e. The summed E-state index contributed by atoms with van der Waals surface area (Å²) in [6.45, 7) is 17.9. The fourth-order valence-corrected chi connectivity index (χ4v) is 5.34. The molecule has 5 nitrogen and oxygen atoms in total. The van der Waals surface area contributed by atoms with Crippen molar-refractivity contribution < 1.29 is 14.3 Å². The van der Waals surface area contributed by atoms with E-state index in [1.165, 1.54) is 35.1 Å². The van der Waals surface area contributed by atoms with Crippen molar-refractivity contribution in [3.63, 3.8) is 0 Å². The molecular formula is C30H42N2O3. The molecule has 2 aromatic carbocycles. The Kier molecular flexibility index (Phi) is 6.58. The third-order valence-corrected chi connectivity index (χ3v) is 7.64. The maximum atomic E-state index is 12.5. The van der Waals surface area contributed by atoms with Gasteiger partial charge in [0, 0.05) is 26.2 Å². The van der Waals surface area contributed by atoms with Gasteiger partial charge in [-0.2, -0.15) is 0 Å². The quantitative estimate of drug-likeness (QED) is 0.488. The summed E-state index contributed by atoms with van der Waals surface area (Å²) in [4.78, 5) is 16.6. The second-order valence-electron chi connectivity index (χ2n) is 12.4. The lowest BCUT2D eigenvalue weighted by atomic mass is 9.63. The van der Waals surface area contributed by atoms with Gasteiger partial charge < -0.3 is 19.3 Å². The van der Waals surface area contributed by atoms with Crippen LogP contribution in [0.3, 0.4) is 0 Å². The number of carbonyl (C=O) groups excluding carboxylic acids is 1. The zero-order chi connectivity index (χ0) is 25.6. The van der Waals surface area contributed by atoms with Crippen LogP contribution in [0.1, 0.15) is 72.4 Å². The van der Waals surface area contributed by atoms with Crippen molar-refractivity contribution in [1.29, 1.82) is 0 Å². The smallest absolute Gasteiger partial charge is 0.410 e. The highest BCUT2D eigenvalue weighted by Crippen LogP contribution is 2.47. The highest BCUT2D eigenvalue weighted by molar-refractivity contribution is 5.74. The van der Waals surface area contributed by atoms with Crippen LogP contribution in [0.2, 0.25) is 0 Å². The Labute approximate surface area is 211 Å².